The molecule has 0 aromatic heterocycles. The molecule has 0 saturated heterocycles. The van der Waals surface area contributed by atoms with Crippen molar-refractivity contribution in [3.8, 4) is 6.07 Å². The summed E-state index contributed by atoms with van der Waals surface area (Å²) >= 11 is 0. The van der Waals surface area contributed by atoms with Crippen molar-refractivity contribution >= 4 is 11.8 Å². The lowest BCUT2D eigenvalue weighted by Gasteiger charge is -2.29. The second kappa shape index (κ2) is 4.57. The fourth-order valence-corrected chi connectivity index (χ4v) is 2.17. The normalized spacial score (nSPS) is 13.7. The van der Waals surface area contributed by atoms with Crippen LogP contribution in [0.2, 0.25) is 0 Å². The summed E-state index contributed by atoms with van der Waals surface area (Å²) in [6.07, 6.45) is -0.990. The maximum absolute atomic E-state index is 11.3. The second-order valence-electron chi connectivity index (χ2n) is 4.73. The summed E-state index contributed by atoms with van der Waals surface area (Å²) in [5, 5.41) is 21.3. The van der Waals surface area contributed by atoms with E-state index in [0.29, 0.717) is 18.0 Å². The molecule has 0 fully saturated rings. The van der Waals surface area contributed by atoms with E-state index in [1.165, 1.54) is 5.01 Å². The fourth-order valence-electron chi connectivity index (χ4n) is 2.17. The Hall–Kier alpha value is -2.22. The fraction of sp³-hybridized carbons (Fsp3) is 0.385. The van der Waals surface area contributed by atoms with Crippen LogP contribution in [0.1, 0.15) is 25.0 Å². The number of fused-ring (bicyclic) bond motifs is 1. The van der Waals surface area contributed by atoms with Gasteiger partial charge in [0.05, 0.1) is 23.9 Å². The maximum atomic E-state index is 11.3. The van der Waals surface area contributed by atoms with Gasteiger partial charge in [-0.25, -0.2) is 9.80 Å². The van der Waals surface area contributed by atoms with Crippen LogP contribution in [0.25, 0.3) is 0 Å². The zero-order valence-electron chi connectivity index (χ0n) is 10.4. The van der Waals surface area contributed by atoms with E-state index in [0.717, 1.165) is 11.3 Å². The Morgan fingerprint density at radius 2 is 2.28 bits per heavy atom. The van der Waals surface area contributed by atoms with Gasteiger partial charge in [-0.3, -0.25) is 5.01 Å². The molecule has 2 rings (SSSR count). The summed E-state index contributed by atoms with van der Waals surface area (Å²) in [6, 6.07) is 7.48. The lowest BCUT2D eigenvalue weighted by atomic mass is 10.1. The highest BCUT2D eigenvalue weighted by atomic mass is 16.4. The van der Waals surface area contributed by atoms with Gasteiger partial charge < -0.3 is 5.11 Å². The predicted molar refractivity (Wildman–Crippen MR) is 66.9 cm³/mol. The molecule has 5 heteroatoms. The standard InChI is InChI=1S/C13H15N3O2/c1-9(2)7-15-12-5-3-4-10(6-14)11(12)8-16(15)13(17)18/h3-5,9H,7-8H2,1-2H3,(H,17,18). The molecule has 0 bridgehead atoms. The smallest absolute Gasteiger partial charge is 0.426 e. The molecule has 1 N–H and O–H groups in total. The van der Waals surface area contributed by atoms with Crippen LogP contribution < -0.4 is 5.01 Å². The molecule has 18 heavy (non-hydrogen) atoms. The quantitative estimate of drug-likeness (QED) is 0.868. The Balaban J connectivity index is 2.45. The molecule has 0 radical (unpaired) electrons. The summed E-state index contributed by atoms with van der Waals surface area (Å²) < 4.78 is 0. The average Bonchev–Trinajstić information content (AvgIpc) is 2.67. The van der Waals surface area contributed by atoms with Crippen molar-refractivity contribution in [2.24, 2.45) is 5.92 Å². The molecular formula is C13H15N3O2. The van der Waals surface area contributed by atoms with Crippen molar-refractivity contribution in [3.05, 3.63) is 29.3 Å². The molecule has 94 valence electrons. The first-order chi connectivity index (χ1) is 8.54. The number of benzene rings is 1. The number of carbonyl (C=O) groups is 1. The topological polar surface area (TPSA) is 67.6 Å². The monoisotopic (exact) mass is 245 g/mol. The van der Waals surface area contributed by atoms with Crippen molar-refractivity contribution in [3.63, 3.8) is 0 Å². The summed E-state index contributed by atoms with van der Waals surface area (Å²) in [6.45, 7) is 4.94. The van der Waals surface area contributed by atoms with Gasteiger partial charge in [0.25, 0.3) is 0 Å². The van der Waals surface area contributed by atoms with Gasteiger partial charge in [0, 0.05) is 12.1 Å². The number of nitrogens with zero attached hydrogens (tertiary/aromatic N) is 3. The Bertz CT molecular complexity index is 519. The van der Waals surface area contributed by atoms with E-state index in [-0.39, 0.29) is 6.54 Å². The molecule has 0 spiro atoms. The van der Waals surface area contributed by atoms with Crippen LogP contribution in [-0.4, -0.2) is 22.8 Å². The number of hydrogen-bond acceptors (Lipinski definition) is 3. The SMILES string of the molecule is CC(C)CN1c2cccc(C#N)c2CN1C(=O)O. The van der Waals surface area contributed by atoms with E-state index < -0.39 is 6.09 Å². The molecule has 0 unspecified atom stereocenters. The first-order valence-electron chi connectivity index (χ1n) is 5.84. The van der Waals surface area contributed by atoms with Gasteiger partial charge >= 0.3 is 6.09 Å². The van der Waals surface area contributed by atoms with E-state index in [2.05, 4.69) is 6.07 Å². The number of rotatable bonds is 2. The highest BCUT2D eigenvalue weighted by Gasteiger charge is 2.32. The van der Waals surface area contributed by atoms with Crippen LogP contribution in [0, 0.1) is 17.2 Å². The van der Waals surface area contributed by atoms with Crippen LogP contribution in [-0.2, 0) is 6.54 Å². The van der Waals surface area contributed by atoms with Gasteiger partial charge in [-0.05, 0) is 18.1 Å². The number of hydrogen-bond donors (Lipinski definition) is 1. The lowest BCUT2D eigenvalue weighted by Crippen LogP contribution is -2.43. The summed E-state index contributed by atoms with van der Waals surface area (Å²) in [5.41, 5.74) is 2.17. The highest BCUT2D eigenvalue weighted by Crippen LogP contribution is 2.34. The molecule has 1 amide bonds. The van der Waals surface area contributed by atoms with E-state index in [1.807, 2.05) is 19.9 Å². The van der Waals surface area contributed by atoms with Crippen LogP contribution in [0.15, 0.2) is 18.2 Å². The predicted octanol–water partition coefficient (Wildman–Crippen LogP) is 2.43. The number of anilines is 1. The molecular weight excluding hydrogens is 230 g/mol. The Morgan fingerprint density at radius 3 is 2.83 bits per heavy atom. The minimum atomic E-state index is -0.990. The van der Waals surface area contributed by atoms with E-state index in [9.17, 15) is 9.90 Å². The van der Waals surface area contributed by atoms with Gasteiger partial charge in [-0.1, -0.05) is 19.9 Å². The van der Waals surface area contributed by atoms with Gasteiger partial charge in [-0.15, -0.1) is 0 Å². The molecule has 1 aromatic rings. The molecule has 0 saturated carbocycles. The molecule has 1 aromatic carbocycles. The van der Waals surface area contributed by atoms with Gasteiger partial charge in [0.15, 0.2) is 0 Å². The Labute approximate surface area is 106 Å². The number of amides is 1. The van der Waals surface area contributed by atoms with Crippen molar-refractivity contribution in [2.45, 2.75) is 20.4 Å². The first kappa shape index (κ1) is 12.2. The van der Waals surface area contributed by atoms with Crippen molar-refractivity contribution < 1.29 is 9.90 Å². The van der Waals surface area contributed by atoms with Gasteiger partial charge in [0.2, 0.25) is 0 Å². The van der Waals surface area contributed by atoms with E-state index >= 15 is 0 Å². The van der Waals surface area contributed by atoms with Gasteiger partial charge in [-0.2, -0.15) is 5.26 Å². The van der Waals surface area contributed by atoms with Crippen molar-refractivity contribution in [2.75, 3.05) is 11.6 Å². The zero-order valence-corrected chi connectivity index (χ0v) is 10.4. The zero-order chi connectivity index (χ0) is 13.3. The first-order valence-corrected chi connectivity index (χ1v) is 5.84. The molecule has 1 aliphatic heterocycles. The third kappa shape index (κ3) is 1.97. The summed E-state index contributed by atoms with van der Waals surface area (Å²) in [7, 11) is 0. The van der Waals surface area contributed by atoms with Gasteiger partial charge in [0.1, 0.15) is 0 Å². The third-order valence-corrected chi connectivity index (χ3v) is 2.91. The van der Waals surface area contributed by atoms with Crippen LogP contribution in [0.4, 0.5) is 10.5 Å². The highest BCUT2D eigenvalue weighted by molar-refractivity contribution is 5.74. The summed E-state index contributed by atoms with van der Waals surface area (Å²) in [4.78, 5) is 11.3. The van der Waals surface area contributed by atoms with E-state index in [4.69, 9.17) is 5.26 Å². The third-order valence-electron chi connectivity index (χ3n) is 2.91. The molecule has 0 aliphatic carbocycles. The maximum Gasteiger partial charge on any atom is 0.426 e. The Kier molecular flexibility index (Phi) is 3.11. The van der Waals surface area contributed by atoms with Crippen LogP contribution >= 0.6 is 0 Å². The van der Waals surface area contributed by atoms with Crippen LogP contribution in [0.3, 0.4) is 0 Å². The lowest BCUT2D eigenvalue weighted by molar-refractivity contribution is 0.140. The van der Waals surface area contributed by atoms with Crippen LogP contribution in [0.5, 0.6) is 0 Å². The minimum absolute atomic E-state index is 0.251. The molecule has 5 nitrogen and oxygen atoms in total. The number of hydrazine groups is 1. The van der Waals surface area contributed by atoms with E-state index in [1.54, 1.807) is 17.1 Å². The number of carboxylic acid groups (broad SMARTS) is 1. The minimum Gasteiger partial charge on any atom is -0.464 e. The Morgan fingerprint density at radius 1 is 1.56 bits per heavy atom. The van der Waals surface area contributed by atoms with Crippen molar-refractivity contribution in [1.29, 1.82) is 5.26 Å². The molecule has 1 aliphatic rings. The second-order valence-corrected chi connectivity index (χ2v) is 4.73. The molecule has 0 atom stereocenters. The largest absolute Gasteiger partial charge is 0.464 e. The van der Waals surface area contributed by atoms with Crippen molar-refractivity contribution in [1.82, 2.24) is 5.01 Å². The average molecular weight is 245 g/mol. The summed E-state index contributed by atoms with van der Waals surface area (Å²) in [5.74, 6) is 0.337. The molecule has 1 heterocycles. The number of nitriles is 1.